The first-order valence-electron chi connectivity index (χ1n) is 6.05. The number of carbonyl (C=O) groups is 2. The molecular formula is C13H15N3O2S. The van der Waals surface area contributed by atoms with Crippen molar-refractivity contribution in [3.63, 3.8) is 0 Å². The lowest BCUT2D eigenvalue weighted by Gasteiger charge is -2.35. The standard InChI is InChI=1S/C13H15N3O2S/c1-13(7-14)5-2-6-16(8-13)12(18)10-4-3-9(19-10)11(15)17/h3-4H,2,5-6,8H2,1H3,(H2,15,17). The molecule has 6 heteroatoms. The summed E-state index contributed by atoms with van der Waals surface area (Å²) in [6.07, 6.45) is 1.63. The monoisotopic (exact) mass is 277 g/mol. The Bertz CT molecular complexity index is 560. The van der Waals surface area contributed by atoms with Gasteiger partial charge in [-0.25, -0.2) is 0 Å². The number of hydrogen-bond donors (Lipinski definition) is 1. The van der Waals surface area contributed by atoms with Crippen LogP contribution in [0.4, 0.5) is 0 Å². The Morgan fingerprint density at radius 3 is 2.74 bits per heavy atom. The first-order chi connectivity index (χ1) is 8.95. The van der Waals surface area contributed by atoms with Gasteiger partial charge in [-0.05, 0) is 31.9 Å². The number of carbonyl (C=O) groups excluding carboxylic acids is 2. The topological polar surface area (TPSA) is 87.2 Å². The normalized spacial score (nSPS) is 22.8. The first kappa shape index (κ1) is 13.6. The zero-order valence-electron chi connectivity index (χ0n) is 10.7. The number of piperidine rings is 1. The lowest BCUT2D eigenvalue weighted by molar-refractivity contribution is 0.0635. The van der Waals surface area contributed by atoms with E-state index in [4.69, 9.17) is 11.0 Å². The Hall–Kier alpha value is -1.87. The lowest BCUT2D eigenvalue weighted by atomic mass is 9.83. The molecule has 0 radical (unpaired) electrons. The quantitative estimate of drug-likeness (QED) is 0.890. The Kier molecular flexibility index (Phi) is 3.58. The number of hydrogen-bond acceptors (Lipinski definition) is 4. The number of nitriles is 1. The molecule has 1 aliphatic heterocycles. The van der Waals surface area contributed by atoms with Gasteiger partial charge in [-0.1, -0.05) is 0 Å². The van der Waals surface area contributed by atoms with Gasteiger partial charge in [-0.15, -0.1) is 11.3 Å². The molecule has 0 spiro atoms. The highest BCUT2D eigenvalue weighted by Gasteiger charge is 2.33. The minimum absolute atomic E-state index is 0.126. The van der Waals surface area contributed by atoms with E-state index in [9.17, 15) is 9.59 Å². The van der Waals surface area contributed by atoms with Gasteiger partial charge in [0.05, 0.1) is 21.2 Å². The molecule has 2 N–H and O–H groups in total. The van der Waals surface area contributed by atoms with Gasteiger partial charge in [0.15, 0.2) is 0 Å². The van der Waals surface area contributed by atoms with Crippen LogP contribution in [0.2, 0.25) is 0 Å². The van der Waals surface area contributed by atoms with E-state index in [-0.39, 0.29) is 5.91 Å². The third-order valence-corrected chi connectivity index (χ3v) is 4.40. The summed E-state index contributed by atoms with van der Waals surface area (Å²) >= 11 is 1.10. The molecule has 19 heavy (non-hydrogen) atoms. The van der Waals surface area contributed by atoms with Gasteiger partial charge >= 0.3 is 0 Å². The van der Waals surface area contributed by atoms with Crippen molar-refractivity contribution in [3.8, 4) is 6.07 Å². The maximum absolute atomic E-state index is 12.3. The molecule has 1 atom stereocenters. The Morgan fingerprint density at radius 1 is 1.47 bits per heavy atom. The van der Waals surface area contributed by atoms with Crippen LogP contribution in [0, 0.1) is 16.7 Å². The number of nitrogens with two attached hydrogens (primary N) is 1. The van der Waals surface area contributed by atoms with Gasteiger partial charge < -0.3 is 10.6 Å². The summed E-state index contributed by atoms with van der Waals surface area (Å²) in [7, 11) is 0. The van der Waals surface area contributed by atoms with Crippen molar-refractivity contribution in [2.45, 2.75) is 19.8 Å². The molecule has 0 bridgehead atoms. The van der Waals surface area contributed by atoms with E-state index in [1.807, 2.05) is 6.92 Å². The van der Waals surface area contributed by atoms with Crippen LogP contribution >= 0.6 is 11.3 Å². The second-order valence-electron chi connectivity index (χ2n) is 5.03. The largest absolute Gasteiger partial charge is 0.365 e. The van der Waals surface area contributed by atoms with Crippen molar-refractivity contribution in [2.24, 2.45) is 11.1 Å². The summed E-state index contributed by atoms with van der Waals surface area (Å²) in [5.41, 5.74) is 4.70. The van der Waals surface area contributed by atoms with E-state index in [1.54, 1.807) is 17.0 Å². The average Bonchev–Trinajstić information content (AvgIpc) is 2.87. The molecule has 2 heterocycles. The number of nitrogens with zero attached hydrogens (tertiary/aromatic N) is 2. The molecule has 0 saturated carbocycles. The molecule has 1 aromatic rings. The summed E-state index contributed by atoms with van der Waals surface area (Å²) in [6.45, 7) is 2.96. The van der Waals surface area contributed by atoms with Crippen LogP contribution in [0.5, 0.6) is 0 Å². The number of likely N-dealkylation sites (tertiary alicyclic amines) is 1. The van der Waals surface area contributed by atoms with Crippen LogP contribution < -0.4 is 5.73 Å². The zero-order valence-corrected chi connectivity index (χ0v) is 11.5. The predicted octanol–water partition coefficient (Wildman–Crippen LogP) is 1.61. The third-order valence-electron chi connectivity index (χ3n) is 3.31. The Labute approximate surface area is 115 Å². The fourth-order valence-corrected chi connectivity index (χ4v) is 3.07. The highest BCUT2D eigenvalue weighted by molar-refractivity contribution is 7.15. The molecular weight excluding hydrogens is 262 g/mol. The predicted molar refractivity (Wildman–Crippen MR) is 71.7 cm³/mol. The molecule has 1 aliphatic rings. The molecule has 1 fully saturated rings. The maximum Gasteiger partial charge on any atom is 0.263 e. The second kappa shape index (κ2) is 5.02. The Morgan fingerprint density at radius 2 is 2.16 bits per heavy atom. The van der Waals surface area contributed by atoms with Crippen molar-refractivity contribution in [1.82, 2.24) is 4.90 Å². The van der Waals surface area contributed by atoms with E-state index in [2.05, 4.69) is 6.07 Å². The van der Waals surface area contributed by atoms with Gasteiger partial charge in [-0.3, -0.25) is 9.59 Å². The van der Waals surface area contributed by atoms with Crippen LogP contribution in [0.3, 0.4) is 0 Å². The number of amides is 2. The van der Waals surface area contributed by atoms with E-state index >= 15 is 0 Å². The van der Waals surface area contributed by atoms with Gasteiger partial charge in [-0.2, -0.15) is 5.26 Å². The van der Waals surface area contributed by atoms with Crippen molar-refractivity contribution >= 4 is 23.2 Å². The molecule has 2 rings (SSSR count). The molecule has 1 saturated heterocycles. The van der Waals surface area contributed by atoms with Crippen molar-refractivity contribution in [2.75, 3.05) is 13.1 Å². The minimum atomic E-state index is -0.524. The fraction of sp³-hybridized carbons (Fsp3) is 0.462. The number of thiophene rings is 1. The molecule has 1 aromatic heterocycles. The summed E-state index contributed by atoms with van der Waals surface area (Å²) in [5, 5.41) is 9.15. The van der Waals surface area contributed by atoms with Gasteiger partial charge in [0.1, 0.15) is 0 Å². The maximum atomic E-state index is 12.3. The molecule has 0 aliphatic carbocycles. The second-order valence-corrected chi connectivity index (χ2v) is 6.11. The summed E-state index contributed by atoms with van der Waals surface area (Å²) < 4.78 is 0. The summed E-state index contributed by atoms with van der Waals surface area (Å²) in [4.78, 5) is 25.9. The Balaban J connectivity index is 2.15. The number of primary amides is 1. The number of rotatable bonds is 2. The van der Waals surface area contributed by atoms with Crippen LogP contribution in [0.1, 0.15) is 39.1 Å². The van der Waals surface area contributed by atoms with E-state index in [0.717, 1.165) is 24.2 Å². The van der Waals surface area contributed by atoms with E-state index in [1.165, 1.54) is 0 Å². The molecule has 1 unspecified atom stereocenters. The highest BCUT2D eigenvalue weighted by atomic mass is 32.1. The molecule has 100 valence electrons. The first-order valence-corrected chi connectivity index (χ1v) is 6.87. The van der Waals surface area contributed by atoms with Gasteiger partial charge in [0.25, 0.3) is 11.8 Å². The van der Waals surface area contributed by atoms with Crippen molar-refractivity contribution in [3.05, 3.63) is 21.9 Å². The van der Waals surface area contributed by atoms with Crippen molar-refractivity contribution < 1.29 is 9.59 Å². The van der Waals surface area contributed by atoms with E-state index < -0.39 is 11.3 Å². The van der Waals surface area contributed by atoms with Gasteiger partial charge in [0.2, 0.25) is 0 Å². The molecule has 0 aromatic carbocycles. The summed E-state index contributed by atoms with van der Waals surface area (Å²) in [6, 6.07) is 5.46. The lowest BCUT2D eigenvalue weighted by Crippen LogP contribution is -2.44. The molecule has 2 amide bonds. The fourth-order valence-electron chi connectivity index (χ4n) is 2.25. The third kappa shape index (κ3) is 2.76. The van der Waals surface area contributed by atoms with Crippen molar-refractivity contribution in [1.29, 1.82) is 5.26 Å². The van der Waals surface area contributed by atoms with Crippen LogP contribution in [0.15, 0.2) is 12.1 Å². The summed E-state index contributed by atoms with van der Waals surface area (Å²) in [5.74, 6) is -0.650. The average molecular weight is 277 g/mol. The smallest absolute Gasteiger partial charge is 0.263 e. The van der Waals surface area contributed by atoms with Crippen LogP contribution in [0.25, 0.3) is 0 Å². The van der Waals surface area contributed by atoms with Crippen LogP contribution in [-0.4, -0.2) is 29.8 Å². The minimum Gasteiger partial charge on any atom is -0.365 e. The zero-order chi connectivity index (χ0) is 14.0. The van der Waals surface area contributed by atoms with Gasteiger partial charge in [0, 0.05) is 13.1 Å². The van der Waals surface area contributed by atoms with E-state index in [0.29, 0.717) is 22.8 Å². The van der Waals surface area contributed by atoms with Crippen LogP contribution in [-0.2, 0) is 0 Å². The highest BCUT2D eigenvalue weighted by Crippen LogP contribution is 2.30. The SMILES string of the molecule is CC1(C#N)CCCN(C(=O)c2ccc(C(N)=O)s2)C1. The molecule has 5 nitrogen and oxygen atoms in total.